The summed E-state index contributed by atoms with van der Waals surface area (Å²) < 4.78 is 5.11. The molecular formula is C8H14O5. The fraction of sp³-hybridized carbons (Fsp3) is 1.00. The lowest BCUT2D eigenvalue weighted by molar-refractivity contribution is -0.221. The predicted octanol–water partition coefficient (Wildman–Crippen LogP) is -1.80. The molecule has 5 nitrogen and oxygen atoms in total. The summed E-state index contributed by atoms with van der Waals surface area (Å²) in [6, 6.07) is 0. The Morgan fingerprint density at radius 1 is 1.31 bits per heavy atom. The average molecular weight is 190 g/mol. The number of hydrogen-bond donors (Lipinski definition) is 4. The molecule has 0 bridgehead atoms. The van der Waals surface area contributed by atoms with Crippen molar-refractivity contribution in [2.45, 2.75) is 36.9 Å². The molecule has 2 unspecified atom stereocenters. The van der Waals surface area contributed by atoms with E-state index in [2.05, 4.69) is 0 Å². The van der Waals surface area contributed by atoms with Gasteiger partial charge in [0, 0.05) is 12.5 Å². The van der Waals surface area contributed by atoms with Crippen molar-refractivity contribution in [2.24, 2.45) is 5.92 Å². The Morgan fingerprint density at radius 3 is 2.31 bits per heavy atom. The Bertz CT molecular complexity index is 207. The van der Waals surface area contributed by atoms with E-state index < -0.39 is 24.1 Å². The van der Waals surface area contributed by atoms with Crippen LogP contribution in [-0.4, -0.2) is 51.1 Å². The SMILES string of the molecule is OC[C@@H]1CC[C@@]12OC(O)C(O)[C@H]2O. The highest BCUT2D eigenvalue weighted by Crippen LogP contribution is 2.49. The zero-order valence-corrected chi connectivity index (χ0v) is 7.13. The van der Waals surface area contributed by atoms with Crippen molar-refractivity contribution < 1.29 is 25.2 Å². The second kappa shape index (κ2) is 2.90. The molecule has 1 heterocycles. The Kier molecular flexibility index (Phi) is 2.08. The van der Waals surface area contributed by atoms with Crippen LogP contribution in [0.2, 0.25) is 0 Å². The van der Waals surface area contributed by atoms with Gasteiger partial charge in [-0.2, -0.15) is 0 Å². The highest BCUT2D eigenvalue weighted by Gasteiger charge is 2.61. The van der Waals surface area contributed by atoms with Crippen molar-refractivity contribution >= 4 is 0 Å². The van der Waals surface area contributed by atoms with Gasteiger partial charge in [-0.15, -0.1) is 0 Å². The monoisotopic (exact) mass is 190 g/mol. The van der Waals surface area contributed by atoms with Crippen LogP contribution in [0.25, 0.3) is 0 Å². The van der Waals surface area contributed by atoms with Crippen molar-refractivity contribution in [3.63, 3.8) is 0 Å². The first-order chi connectivity index (χ1) is 6.12. The molecule has 1 spiro atoms. The molecule has 2 rings (SSSR count). The van der Waals surface area contributed by atoms with Crippen LogP contribution in [0.15, 0.2) is 0 Å². The first-order valence-corrected chi connectivity index (χ1v) is 4.44. The summed E-state index contributed by atoms with van der Waals surface area (Å²) in [5.41, 5.74) is -0.909. The van der Waals surface area contributed by atoms with E-state index in [0.29, 0.717) is 6.42 Å². The fourth-order valence-corrected chi connectivity index (χ4v) is 2.23. The Hall–Kier alpha value is -0.200. The Morgan fingerprint density at radius 2 is 2.00 bits per heavy atom. The predicted molar refractivity (Wildman–Crippen MR) is 41.6 cm³/mol. The van der Waals surface area contributed by atoms with Crippen molar-refractivity contribution in [3.8, 4) is 0 Å². The average Bonchev–Trinajstić information content (AvgIpc) is 2.31. The van der Waals surface area contributed by atoms with E-state index in [1.165, 1.54) is 0 Å². The minimum absolute atomic E-state index is 0.0868. The van der Waals surface area contributed by atoms with Crippen molar-refractivity contribution in [3.05, 3.63) is 0 Å². The van der Waals surface area contributed by atoms with Gasteiger partial charge in [0.2, 0.25) is 0 Å². The number of aliphatic hydroxyl groups excluding tert-OH is 4. The lowest BCUT2D eigenvalue weighted by Crippen LogP contribution is -2.57. The van der Waals surface area contributed by atoms with Crippen LogP contribution in [-0.2, 0) is 4.74 Å². The molecule has 76 valence electrons. The molecule has 1 aliphatic carbocycles. The zero-order chi connectivity index (χ0) is 9.64. The number of hydrogen-bond acceptors (Lipinski definition) is 5. The summed E-state index contributed by atoms with van der Waals surface area (Å²) in [5.74, 6) is -0.172. The standard InChI is InChI=1S/C8H14O5/c9-3-4-1-2-8(4)6(11)5(10)7(12)13-8/h4-7,9-12H,1-3H2/t4-,5?,6+,7?,8+/m0/s1. The highest BCUT2D eigenvalue weighted by atomic mass is 16.7. The van der Waals surface area contributed by atoms with E-state index >= 15 is 0 Å². The van der Waals surface area contributed by atoms with Gasteiger partial charge >= 0.3 is 0 Å². The fourth-order valence-electron chi connectivity index (χ4n) is 2.23. The molecule has 5 atom stereocenters. The summed E-state index contributed by atoms with van der Waals surface area (Å²) in [7, 11) is 0. The van der Waals surface area contributed by atoms with E-state index in [-0.39, 0.29) is 12.5 Å². The minimum Gasteiger partial charge on any atom is -0.396 e. The molecule has 1 saturated carbocycles. The van der Waals surface area contributed by atoms with E-state index in [1.807, 2.05) is 0 Å². The van der Waals surface area contributed by atoms with Crippen LogP contribution in [0, 0.1) is 5.92 Å². The molecule has 0 aromatic heterocycles. The van der Waals surface area contributed by atoms with Gasteiger partial charge in [-0.1, -0.05) is 0 Å². The molecule has 4 N–H and O–H groups in total. The largest absolute Gasteiger partial charge is 0.396 e. The Balaban J connectivity index is 2.16. The van der Waals surface area contributed by atoms with Crippen LogP contribution < -0.4 is 0 Å². The normalized spacial score (nSPS) is 55.4. The molecule has 1 aliphatic heterocycles. The minimum atomic E-state index is -1.33. The Labute approximate surface area is 75.6 Å². The van der Waals surface area contributed by atoms with E-state index in [0.717, 1.165) is 6.42 Å². The van der Waals surface area contributed by atoms with E-state index in [1.54, 1.807) is 0 Å². The maximum Gasteiger partial charge on any atom is 0.184 e. The van der Waals surface area contributed by atoms with E-state index in [4.69, 9.17) is 14.9 Å². The third-order valence-corrected chi connectivity index (χ3v) is 3.25. The van der Waals surface area contributed by atoms with Gasteiger partial charge < -0.3 is 25.2 Å². The molecule has 5 heteroatoms. The van der Waals surface area contributed by atoms with Gasteiger partial charge in [0.05, 0.1) is 0 Å². The van der Waals surface area contributed by atoms with Gasteiger partial charge in [0.1, 0.15) is 17.8 Å². The van der Waals surface area contributed by atoms with Crippen molar-refractivity contribution in [1.82, 2.24) is 0 Å². The van der Waals surface area contributed by atoms with Crippen molar-refractivity contribution in [2.75, 3.05) is 6.61 Å². The molecule has 0 radical (unpaired) electrons. The third-order valence-electron chi connectivity index (χ3n) is 3.25. The van der Waals surface area contributed by atoms with Gasteiger partial charge in [-0.25, -0.2) is 0 Å². The molecule has 2 aliphatic rings. The van der Waals surface area contributed by atoms with Crippen LogP contribution in [0.3, 0.4) is 0 Å². The summed E-state index contributed by atoms with van der Waals surface area (Å²) >= 11 is 0. The lowest BCUT2D eigenvalue weighted by atomic mass is 9.66. The van der Waals surface area contributed by atoms with Crippen LogP contribution in [0.4, 0.5) is 0 Å². The molecule has 13 heavy (non-hydrogen) atoms. The number of ether oxygens (including phenoxy) is 1. The molecule has 0 amide bonds. The molecular weight excluding hydrogens is 176 g/mol. The molecule has 0 aromatic carbocycles. The van der Waals surface area contributed by atoms with Crippen LogP contribution in [0.5, 0.6) is 0 Å². The van der Waals surface area contributed by atoms with E-state index in [9.17, 15) is 10.2 Å². The van der Waals surface area contributed by atoms with Gasteiger partial charge in [0.15, 0.2) is 6.29 Å². The quantitative estimate of drug-likeness (QED) is 0.391. The maximum atomic E-state index is 9.59. The smallest absolute Gasteiger partial charge is 0.184 e. The highest BCUT2D eigenvalue weighted by molar-refractivity contribution is 5.09. The molecule has 2 fully saturated rings. The molecule has 0 aromatic rings. The lowest BCUT2D eigenvalue weighted by Gasteiger charge is -2.47. The topological polar surface area (TPSA) is 90.2 Å². The third kappa shape index (κ3) is 1.05. The number of rotatable bonds is 1. The molecule has 1 saturated heterocycles. The summed E-state index contributed by atoms with van der Waals surface area (Å²) in [6.45, 7) is -0.0868. The van der Waals surface area contributed by atoms with Crippen LogP contribution >= 0.6 is 0 Å². The number of aliphatic hydroxyl groups is 4. The summed E-state index contributed by atoms with van der Waals surface area (Å²) in [6.07, 6.45) is -2.34. The van der Waals surface area contributed by atoms with Crippen molar-refractivity contribution in [1.29, 1.82) is 0 Å². The first kappa shape index (κ1) is 9.36. The van der Waals surface area contributed by atoms with Gasteiger partial charge in [0.25, 0.3) is 0 Å². The van der Waals surface area contributed by atoms with Gasteiger partial charge in [-0.3, -0.25) is 0 Å². The second-order valence-corrected chi connectivity index (χ2v) is 3.82. The summed E-state index contributed by atoms with van der Waals surface area (Å²) in [5, 5.41) is 37.0. The van der Waals surface area contributed by atoms with Crippen LogP contribution in [0.1, 0.15) is 12.8 Å². The first-order valence-electron chi connectivity index (χ1n) is 4.44. The maximum absolute atomic E-state index is 9.59. The summed E-state index contributed by atoms with van der Waals surface area (Å²) in [4.78, 5) is 0. The zero-order valence-electron chi connectivity index (χ0n) is 7.13. The van der Waals surface area contributed by atoms with Gasteiger partial charge in [-0.05, 0) is 12.8 Å². The second-order valence-electron chi connectivity index (χ2n) is 3.82.